The van der Waals surface area contributed by atoms with Crippen molar-refractivity contribution in [1.82, 2.24) is 15.3 Å². The Balaban J connectivity index is 1.72. The van der Waals surface area contributed by atoms with Crippen LogP contribution in [0, 0.1) is 0 Å². The maximum absolute atomic E-state index is 12.6. The highest BCUT2D eigenvalue weighted by molar-refractivity contribution is 6.30. The number of H-pyrrole nitrogens is 1. The van der Waals surface area contributed by atoms with E-state index in [1.165, 1.54) is 13.2 Å². The number of carboxylic acids is 1. The SMILES string of the molecule is CCc1[nH]c(C(=O)N[C@H]2CCN(c3cc(OC)cc(C(=O)O)c3)C[C@H]2OC)nc1Cl. The Morgan fingerprint density at radius 2 is 2.13 bits per heavy atom. The normalized spacial score (nSPS) is 18.9. The van der Waals surface area contributed by atoms with Gasteiger partial charge in [0, 0.05) is 32.0 Å². The molecule has 1 aromatic carbocycles. The number of halogens is 1. The molecule has 1 aromatic heterocycles. The Morgan fingerprint density at radius 3 is 2.73 bits per heavy atom. The van der Waals surface area contributed by atoms with E-state index >= 15 is 0 Å². The first-order valence-corrected chi connectivity index (χ1v) is 9.99. The molecular weight excluding hydrogens is 412 g/mol. The standard InChI is InChI=1S/C20H25ClN4O5/c1-4-14-17(21)24-18(22-14)19(26)23-15-5-6-25(10-16(15)30-3)12-7-11(20(27)28)8-13(9-12)29-2/h7-9,15-16H,4-6,10H2,1-3H3,(H,22,24)(H,23,26)(H,27,28)/t15-,16+/m0/s1. The fourth-order valence-corrected chi connectivity index (χ4v) is 3.79. The number of carboxylic acid groups (broad SMARTS) is 1. The molecule has 3 rings (SSSR count). The molecule has 0 saturated carbocycles. The number of methoxy groups -OCH3 is 2. The fraction of sp³-hybridized carbons (Fsp3) is 0.450. The summed E-state index contributed by atoms with van der Waals surface area (Å²) >= 11 is 6.03. The number of hydrogen-bond acceptors (Lipinski definition) is 6. The second kappa shape index (κ2) is 9.36. The van der Waals surface area contributed by atoms with Gasteiger partial charge >= 0.3 is 5.97 Å². The molecule has 3 N–H and O–H groups in total. The Morgan fingerprint density at radius 1 is 1.37 bits per heavy atom. The second-order valence-electron chi connectivity index (χ2n) is 7.02. The lowest BCUT2D eigenvalue weighted by molar-refractivity contribution is 0.0538. The Bertz CT molecular complexity index is 932. The lowest BCUT2D eigenvalue weighted by Crippen LogP contribution is -2.55. The topological polar surface area (TPSA) is 117 Å². The minimum absolute atomic E-state index is 0.148. The number of ether oxygens (including phenoxy) is 2. The average Bonchev–Trinajstić information content (AvgIpc) is 3.14. The van der Waals surface area contributed by atoms with Gasteiger partial charge in [0.25, 0.3) is 5.91 Å². The zero-order chi connectivity index (χ0) is 21.8. The Labute approximate surface area is 179 Å². The summed E-state index contributed by atoms with van der Waals surface area (Å²) in [5.41, 5.74) is 1.59. The zero-order valence-corrected chi connectivity index (χ0v) is 17.8. The van der Waals surface area contributed by atoms with Gasteiger partial charge in [-0.3, -0.25) is 4.79 Å². The van der Waals surface area contributed by atoms with Crippen molar-refractivity contribution in [3.05, 3.63) is 40.4 Å². The van der Waals surface area contributed by atoms with Crippen molar-refractivity contribution >= 4 is 29.2 Å². The number of aromatic nitrogens is 2. The van der Waals surface area contributed by atoms with Crippen molar-refractivity contribution in [2.24, 2.45) is 0 Å². The number of aromatic amines is 1. The van der Waals surface area contributed by atoms with E-state index in [-0.39, 0.29) is 29.4 Å². The quantitative estimate of drug-likeness (QED) is 0.609. The summed E-state index contributed by atoms with van der Waals surface area (Å²) in [6.45, 7) is 3.01. The number of piperidine rings is 1. The number of amides is 1. The van der Waals surface area contributed by atoms with Crippen molar-refractivity contribution in [3.63, 3.8) is 0 Å². The van der Waals surface area contributed by atoms with Gasteiger partial charge in [0.15, 0.2) is 11.0 Å². The van der Waals surface area contributed by atoms with Crippen molar-refractivity contribution in [2.75, 3.05) is 32.2 Å². The molecule has 2 heterocycles. The summed E-state index contributed by atoms with van der Waals surface area (Å²) in [4.78, 5) is 33.1. The van der Waals surface area contributed by atoms with Crippen LogP contribution in [0.2, 0.25) is 5.15 Å². The van der Waals surface area contributed by atoms with Gasteiger partial charge in [-0.25, -0.2) is 9.78 Å². The monoisotopic (exact) mass is 436 g/mol. The molecule has 1 aliphatic heterocycles. The van der Waals surface area contributed by atoms with E-state index in [9.17, 15) is 14.7 Å². The number of carbonyl (C=O) groups is 2. The van der Waals surface area contributed by atoms with Crippen LogP contribution in [0.5, 0.6) is 5.75 Å². The molecule has 1 saturated heterocycles. The summed E-state index contributed by atoms with van der Waals surface area (Å²) in [5.74, 6) is -0.723. The number of aromatic carboxylic acids is 1. The van der Waals surface area contributed by atoms with Crippen LogP contribution in [-0.4, -0.2) is 66.4 Å². The van der Waals surface area contributed by atoms with Gasteiger partial charge in [0.2, 0.25) is 0 Å². The molecule has 1 fully saturated rings. The highest BCUT2D eigenvalue weighted by Gasteiger charge is 2.32. The second-order valence-corrected chi connectivity index (χ2v) is 7.38. The molecule has 0 unspecified atom stereocenters. The first kappa shape index (κ1) is 21.9. The Kier molecular flexibility index (Phi) is 6.84. The third-order valence-corrected chi connectivity index (χ3v) is 5.53. The van der Waals surface area contributed by atoms with Crippen LogP contribution >= 0.6 is 11.6 Å². The highest BCUT2D eigenvalue weighted by Crippen LogP contribution is 2.27. The number of imidazole rings is 1. The van der Waals surface area contributed by atoms with Gasteiger partial charge in [-0.05, 0) is 25.0 Å². The molecule has 10 heteroatoms. The molecule has 162 valence electrons. The number of benzene rings is 1. The maximum Gasteiger partial charge on any atom is 0.335 e. The highest BCUT2D eigenvalue weighted by atomic mass is 35.5. The van der Waals surface area contributed by atoms with Crippen LogP contribution in [0.25, 0.3) is 0 Å². The third kappa shape index (κ3) is 4.68. The molecular formula is C20H25ClN4O5. The molecule has 1 amide bonds. The summed E-state index contributed by atoms with van der Waals surface area (Å²) < 4.78 is 10.8. The Hall–Kier alpha value is -2.78. The summed E-state index contributed by atoms with van der Waals surface area (Å²) in [7, 11) is 3.08. The van der Waals surface area contributed by atoms with E-state index in [1.54, 1.807) is 19.2 Å². The lowest BCUT2D eigenvalue weighted by atomic mass is 10.00. The lowest BCUT2D eigenvalue weighted by Gasteiger charge is -2.39. The summed E-state index contributed by atoms with van der Waals surface area (Å²) in [6.07, 6.45) is 0.967. The molecule has 0 spiro atoms. The van der Waals surface area contributed by atoms with Gasteiger partial charge in [-0.15, -0.1) is 0 Å². The first-order valence-electron chi connectivity index (χ1n) is 9.61. The van der Waals surface area contributed by atoms with E-state index in [2.05, 4.69) is 15.3 Å². The minimum Gasteiger partial charge on any atom is -0.497 e. The molecule has 30 heavy (non-hydrogen) atoms. The third-order valence-electron chi connectivity index (χ3n) is 5.21. The van der Waals surface area contributed by atoms with Crippen LogP contribution in [0.1, 0.15) is 40.0 Å². The molecule has 9 nitrogen and oxygen atoms in total. The number of nitrogens with zero attached hydrogens (tertiary/aromatic N) is 2. The number of rotatable bonds is 7. The van der Waals surface area contributed by atoms with Crippen LogP contribution in [-0.2, 0) is 11.2 Å². The average molecular weight is 437 g/mol. The van der Waals surface area contributed by atoms with E-state index < -0.39 is 5.97 Å². The predicted octanol–water partition coefficient (Wildman–Crippen LogP) is 2.36. The number of aryl methyl sites for hydroxylation is 1. The van der Waals surface area contributed by atoms with Crippen LogP contribution in [0.3, 0.4) is 0 Å². The van der Waals surface area contributed by atoms with E-state index in [4.69, 9.17) is 21.1 Å². The van der Waals surface area contributed by atoms with Gasteiger partial charge in [-0.2, -0.15) is 0 Å². The van der Waals surface area contributed by atoms with Crippen molar-refractivity contribution in [3.8, 4) is 5.75 Å². The molecule has 0 bridgehead atoms. The van der Waals surface area contributed by atoms with E-state index in [0.29, 0.717) is 42.5 Å². The predicted molar refractivity (Wildman–Crippen MR) is 112 cm³/mol. The van der Waals surface area contributed by atoms with Crippen LogP contribution in [0.15, 0.2) is 18.2 Å². The van der Waals surface area contributed by atoms with Gasteiger partial charge in [0.1, 0.15) is 5.75 Å². The van der Waals surface area contributed by atoms with E-state index in [0.717, 1.165) is 5.69 Å². The number of hydrogen-bond donors (Lipinski definition) is 3. The van der Waals surface area contributed by atoms with Crippen LogP contribution < -0.4 is 15.0 Å². The van der Waals surface area contributed by atoms with Crippen molar-refractivity contribution in [2.45, 2.75) is 31.9 Å². The number of anilines is 1. The van der Waals surface area contributed by atoms with Gasteiger partial charge in [0.05, 0.1) is 30.5 Å². The largest absolute Gasteiger partial charge is 0.497 e. The molecule has 1 aliphatic rings. The first-order chi connectivity index (χ1) is 14.4. The van der Waals surface area contributed by atoms with Crippen LogP contribution in [0.4, 0.5) is 5.69 Å². The maximum atomic E-state index is 12.6. The summed E-state index contributed by atoms with van der Waals surface area (Å²) in [6, 6.07) is 4.64. The summed E-state index contributed by atoms with van der Waals surface area (Å²) in [5, 5.41) is 12.6. The van der Waals surface area contributed by atoms with Crippen molar-refractivity contribution in [1.29, 1.82) is 0 Å². The minimum atomic E-state index is -1.02. The van der Waals surface area contributed by atoms with E-state index in [1.807, 2.05) is 11.8 Å². The number of carbonyl (C=O) groups excluding carboxylic acids is 1. The molecule has 0 aliphatic carbocycles. The van der Waals surface area contributed by atoms with Gasteiger partial charge in [-0.1, -0.05) is 18.5 Å². The fourth-order valence-electron chi connectivity index (χ4n) is 3.53. The smallest absolute Gasteiger partial charge is 0.335 e. The molecule has 0 radical (unpaired) electrons. The van der Waals surface area contributed by atoms with Crippen molar-refractivity contribution < 1.29 is 24.2 Å². The molecule has 2 atom stereocenters. The molecule has 2 aromatic rings. The van der Waals surface area contributed by atoms with Gasteiger partial charge < -0.3 is 29.8 Å². The number of nitrogens with one attached hydrogen (secondary N) is 2. The zero-order valence-electron chi connectivity index (χ0n) is 17.1.